The van der Waals surface area contributed by atoms with Gasteiger partial charge in [0.15, 0.2) is 0 Å². The highest BCUT2D eigenvalue weighted by Crippen LogP contribution is 2.18. The first-order chi connectivity index (χ1) is 10.1. The van der Waals surface area contributed by atoms with Gasteiger partial charge >= 0.3 is 0 Å². The van der Waals surface area contributed by atoms with Crippen LogP contribution in [0.25, 0.3) is 11.0 Å². The van der Waals surface area contributed by atoms with E-state index >= 15 is 0 Å². The number of aryl methyl sites for hydroxylation is 1. The Balaban J connectivity index is 1.75. The molecule has 0 spiro atoms. The number of benzene rings is 2. The molecule has 3 nitrogen and oxygen atoms in total. The molecule has 3 rings (SSSR count). The monoisotopic (exact) mass is 279 g/mol. The average Bonchev–Trinajstić information content (AvgIpc) is 2.82. The maximum Gasteiger partial charge on any atom is 0.128 e. The third-order valence-corrected chi connectivity index (χ3v) is 3.91. The second-order valence-electron chi connectivity index (χ2n) is 5.71. The van der Waals surface area contributed by atoms with Crippen LogP contribution in [0.5, 0.6) is 0 Å². The molecule has 1 N–H and O–H groups in total. The van der Waals surface area contributed by atoms with E-state index in [-0.39, 0.29) is 0 Å². The molecule has 0 unspecified atom stereocenters. The molecule has 3 aromatic rings. The third kappa shape index (κ3) is 2.77. The first-order valence-electron chi connectivity index (χ1n) is 7.39. The Kier molecular flexibility index (Phi) is 3.65. The maximum atomic E-state index is 4.67. The third-order valence-electron chi connectivity index (χ3n) is 3.91. The smallest absolute Gasteiger partial charge is 0.128 e. The number of anilines is 1. The van der Waals surface area contributed by atoms with Gasteiger partial charge in [0.1, 0.15) is 5.82 Å². The molecular weight excluding hydrogens is 258 g/mol. The zero-order valence-electron chi connectivity index (χ0n) is 12.8. The van der Waals surface area contributed by atoms with Gasteiger partial charge in [-0.3, -0.25) is 0 Å². The van der Waals surface area contributed by atoms with E-state index < -0.39 is 0 Å². The molecule has 0 amide bonds. The molecule has 1 aromatic heterocycles. The molecule has 0 aliphatic carbocycles. The van der Waals surface area contributed by atoms with Crippen LogP contribution in [0.15, 0.2) is 48.5 Å². The summed E-state index contributed by atoms with van der Waals surface area (Å²) in [4.78, 5) is 4.67. The van der Waals surface area contributed by atoms with E-state index in [2.05, 4.69) is 72.2 Å². The number of hydrogen-bond donors (Lipinski definition) is 1. The quantitative estimate of drug-likeness (QED) is 0.771. The van der Waals surface area contributed by atoms with Gasteiger partial charge < -0.3 is 9.88 Å². The van der Waals surface area contributed by atoms with Crippen LogP contribution in [-0.2, 0) is 13.6 Å². The normalized spacial score (nSPS) is 11.2. The lowest BCUT2D eigenvalue weighted by atomic mass is 10.0. The number of nitrogens with one attached hydrogen (secondary N) is 1. The summed E-state index contributed by atoms with van der Waals surface area (Å²) in [5, 5.41) is 3.45. The minimum atomic E-state index is 0.568. The molecule has 0 saturated heterocycles. The molecule has 0 atom stereocenters. The standard InChI is InChI=1S/C18H21N3/c1-13(2)14-8-10-15(11-9-14)19-12-18-20-16-6-4-5-7-17(16)21(18)3/h4-11,13,19H,12H2,1-3H3. The van der Waals surface area contributed by atoms with E-state index in [9.17, 15) is 0 Å². The molecule has 0 aliphatic heterocycles. The molecule has 108 valence electrons. The molecule has 0 fully saturated rings. The van der Waals surface area contributed by atoms with Crippen molar-refractivity contribution in [3.05, 3.63) is 59.9 Å². The van der Waals surface area contributed by atoms with Crippen molar-refractivity contribution in [2.24, 2.45) is 7.05 Å². The number of fused-ring (bicyclic) bond motifs is 1. The van der Waals surface area contributed by atoms with E-state index in [1.165, 1.54) is 11.1 Å². The van der Waals surface area contributed by atoms with Crippen molar-refractivity contribution >= 4 is 16.7 Å². The van der Waals surface area contributed by atoms with Gasteiger partial charge in [-0.2, -0.15) is 0 Å². The highest BCUT2D eigenvalue weighted by atomic mass is 15.1. The first kappa shape index (κ1) is 13.7. The van der Waals surface area contributed by atoms with Crippen LogP contribution in [0.4, 0.5) is 5.69 Å². The van der Waals surface area contributed by atoms with Gasteiger partial charge in [-0.1, -0.05) is 38.1 Å². The fraction of sp³-hybridized carbons (Fsp3) is 0.278. The summed E-state index contributed by atoms with van der Waals surface area (Å²) in [7, 11) is 2.06. The van der Waals surface area contributed by atoms with Crippen molar-refractivity contribution in [1.29, 1.82) is 0 Å². The summed E-state index contributed by atoms with van der Waals surface area (Å²) in [6, 6.07) is 16.9. The molecule has 1 heterocycles. The van der Waals surface area contributed by atoms with Gasteiger partial charge in [-0.05, 0) is 35.7 Å². The Morgan fingerprint density at radius 1 is 1.05 bits per heavy atom. The van der Waals surface area contributed by atoms with Crippen molar-refractivity contribution in [2.45, 2.75) is 26.3 Å². The molecule has 21 heavy (non-hydrogen) atoms. The number of aromatic nitrogens is 2. The van der Waals surface area contributed by atoms with Crippen LogP contribution in [0.2, 0.25) is 0 Å². The number of nitrogens with zero attached hydrogens (tertiary/aromatic N) is 2. The lowest BCUT2D eigenvalue weighted by Crippen LogP contribution is -2.05. The van der Waals surface area contributed by atoms with Crippen LogP contribution in [0.3, 0.4) is 0 Å². The van der Waals surface area contributed by atoms with Gasteiger partial charge in [0.25, 0.3) is 0 Å². The maximum absolute atomic E-state index is 4.67. The fourth-order valence-electron chi connectivity index (χ4n) is 2.52. The van der Waals surface area contributed by atoms with Crippen LogP contribution in [0.1, 0.15) is 31.2 Å². The van der Waals surface area contributed by atoms with E-state index in [4.69, 9.17) is 0 Å². The van der Waals surface area contributed by atoms with E-state index in [0.29, 0.717) is 5.92 Å². The van der Waals surface area contributed by atoms with Gasteiger partial charge in [-0.15, -0.1) is 0 Å². The predicted molar refractivity (Wildman–Crippen MR) is 88.6 cm³/mol. The molecule has 0 bridgehead atoms. The zero-order valence-corrected chi connectivity index (χ0v) is 12.8. The van der Waals surface area contributed by atoms with Crippen molar-refractivity contribution in [1.82, 2.24) is 9.55 Å². The van der Waals surface area contributed by atoms with Gasteiger partial charge in [-0.25, -0.2) is 4.98 Å². The predicted octanol–water partition coefficient (Wildman–Crippen LogP) is 4.31. The Hall–Kier alpha value is -2.29. The Labute approximate surface area is 125 Å². The Bertz CT molecular complexity index is 739. The number of imidazole rings is 1. The van der Waals surface area contributed by atoms with Crippen LogP contribution >= 0.6 is 0 Å². The largest absolute Gasteiger partial charge is 0.378 e. The Morgan fingerprint density at radius 3 is 2.43 bits per heavy atom. The van der Waals surface area contributed by atoms with Crippen LogP contribution in [-0.4, -0.2) is 9.55 Å². The molecular formula is C18H21N3. The number of para-hydroxylation sites is 2. The highest BCUT2D eigenvalue weighted by molar-refractivity contribution is 5.75. The minimum absolute atomic E-state index is 0.568. The van der Waals surface area contributed by atoms with Crippen LogP contribution in [0, 0.1) is 0 Å². The van der Waals surface area contributed by atoms with Crippen molar-refractivity contribution in [3.63, 3.8) is 0 Å². The van der Waals surface area contributed by atoms with Crippen molar-refractivity contribution in [3.8, 4) is 0 Å². The summed E-state index contributed by atoms with van der Waals surface area (Å²) >= 11 is 0. The Morgan fingerprint density at radius 2 is 1.76 bits per heavy atom. The van der Waals surface area contributed by atoms with E-state index in [1.807, 2.05) is 12.1 Å². The molecule has 0 radical (unpaired) electrons. The summed E-state index contributed by atoms with van der Waals surface area (Å²) in [6.07, 6.45) is 0. The van der Waals surface area contributed by atoms with Crippen molar-refractivity contribution in [2.75, 3.05) is 5.32 Å². The second kappa shape index (κ2) is 5.60. The van der Waals surface area contributed by atoms with Gasteiger partial charge in [0, 0.05) is 12.7 Å². The fourth-order valence-corrected chi connectivity index (χ4v) is 2.52. The molecule has 0 aliphatic rings. The molecule has 0 saturated carbocycles. The number of rotatable bonds is 4. The van der Waals surface area contributed by atoms with Crippen molar-refractivity contribution < 1.29 is 0 Å². The molecule has 2 aromatic carbocycles. The summed E-state index contributed by atoms with van der Waals surface area (Å²) in [5.41, 5.74) is 4.71. The SMILES string of the molecule is CC(C)c1ccc(NCc2nc3ccccc3n2C)cc1. The lowest BCUT2D eigenvalue weighted by Gasteiger charge is -2.09. The van der Waals surface area contributed by atoms with Crippen LogP contribution < -0.4 is 5.32 Å². The minimum Gasteiger partial charge on any atom is -0.378 e. The number of hydrogen-bond acceptors (Lipinski definition) is 2. The highest BCUT2D eigenvalue weighted by Gasteiger charge is 2.06. The summed E-state index contributed by atoms with van der Waals surface area (Å²) < 4.78 is 2.14. The van der Waals surface area contributed by atoms with E-state index in [0.717, 1.165) is 23.6 Å². The second-order valence-corrected chi connectivity index (χ2v) is 5.71. The molecule has 3 heteroatoms. The lowest BCUT2D eigenvalue weighted by molar-refractivity contribution is 0.834. The average molecular weight is 279 g/mol. The first-order valence-corrected chi connectivity index (χ1v) is 7.39. The topological polar surface area (TPSA) is 29.9 Å². The van der Waals surface area contributed by atoms with Gasteiger partial charge in [0.05, 0.1) is 17.6 Å². The zero-order chi connectivity index (χ0) is 14.8. The van der Waals surface area contributed by atoms with Gasteiger partial charge in [0.2, 0.25) is 0 Å². The summed E-state index contributed by atoms with van der Waals surface area (Å²) in [6.45, 7) is 5.15. The van der Waals surface area contributed by atoms with E-state index in [1.54, 1.807) is 0 Å². The summed E-state index contributed by atoms with van der Waals surface area (Å²) in [5.74, 6) is 1.61.